The Morgan fingerprint density at radius 1 is 1.10 bits per heavy atom. The van der Waals surface area contributed by atoms with Crippen molar-refractivity contribution in [3.8, 4) is 0 Å². The van der Waals surface area contributed by atoms with Gasteiger partial charge in [0.1, 0.15) is 0 Å². The zero-order valence-electron chi connectivity index (χ0n) is 13.3. The van der Waals surface area contributed by atoms with E-state index >= 15 is 0 Å². The van der Waals surface area contributed by atoms with Gasteiger partial charge in [0.15, 0.2) is 0 Å². The Morgan fingerprint density at radius 2 is 1.65 bits per heavy atom. The van der Waals surface area contributed by atoms with E-state index in [4.69, 9.17) is 9.31 Å². The van der Waals surface area contributed by atoms with Crippen LogP contribution in [0.25, 0.3) is 0 Å². The van der Waals surface area contributed by atoms with E-state index in [0.717, 1.165) is 11.0 Å². The molecule has 1 heterocycles. The maximum absolute atomic E-state index is 12.0. The van der Waals surface area contributed by atoms with Crippen LogP contribution in [-0.4, -0.2) is 31.7 Å². The number of hydrogen-bond acceptors (Lipinski definition) is 3. The normalized spacial score (nSPS) is 21.2. The Morgan fingerprint density at radius 3 is 2.15 bits per heavy atom. The van der Waals surface area contributed by atoms with Crippen molar-refractivity contribution < 1.29 is 13.9 Å². The van der Waals surface area contributed by atoms with Crippen molar-refractivity contribution in [3.05, 3.63) is 29.8 Å². The van der Waals surface area contributed by atoms with Gasteiger partial charge in [0.05, 0.1) is 18.3 Å². The second-order valence-electron chi connectivity index (χ2n) is 7.07. The fourth-order valence-electron chi connectivity index (χ4n) is 2.26. The average molecular weight is 294 g/mol. The van der Waals surface area contributed by atoms with Crippen molar-refractivity contribution in [2.75, 3.05) is 13.3 Å². The molecule has 2 rings (SSSR count). The standard InChI is InChI=1S/C15H24BO3P/c1-14(2)15(3,4)19-16(18-14)13-9-7-8-12(10-13)11-20(5,6)17/h7-10H,11H2,1-6H3. The first-order valence-electron chi connectivity index (χ1n) is 6.99. The van der Waals surface area contributed by atoms with Crippen LogP contribution in [0.3, 0.4) is 0 Å². The molecule has 1 aliphatic rings. The monoisotopic (exact) mass is 294 g/mol. The van der Waals surface area contributed by atoms with E-state index in [2.05, 4.69) is 0 Å². The Bertz CT molecular complexity index is 532. The van der Waals surface area contributed by atoms with Crippen LogP contribution in [0.4, 0.5) is 0 Å². The Hall–Kier alpha value is -0.565. The smallest absolute Gasteiger partial charge is 0.399 e. The van der Waals surface area contributed by atoms with Crippen LogP contribution in [-0.2, 0) is 20.0 Å². The molecule has 1 saturated heterocycles. The zero-order chi connectivity index (χ0) is 15.2. The largest absolute Gasteiger partial charge is 0.494 e. The molecule has 110 valence electrons. The predicted octanol–water partition coefficient (Wildman–Crippen LogP) is 3.11. The molecule has 0 radical (unpaired) electrons. The summed E-state index contributed by atoms with van der Waals surface area (Å²) in [5, 5.41) is 0. The van der Waals surface area contributed by atoms with Gasteiger partial charge in [-0.15, -0.1) is 0 Å². The molecule has 3 nitrogen and oxygen atoms in total. The van der Waals surface area contributed by atoms with Gasteiger partial charge in [0, 0.05) is 6.16 Å². The van der Waals surface area contributed by atoms with E-state index in [1.807, 2.05) is 65.3 Å². The Balaban J connectivity index is 2.23. The summed E-state index contributed by atoms with van der Waals surface area (Å²) in [4.78, 5) is 0. The van der Waals surface area contributed by atoms with Crippen molar-refractivity contribution in [1.29, 1.82) is 0 Å². The molecule has 0 saturated carbocycles. The summed E-state index contributed by atoms with van der Waals surface area (Å²) < 4.78 is 24.0. The van der Waals surface area contributed by atoms with Crippen LogP contribution in [0, 0.1) is 0 Å². The summed E-state index contributed by atoms with van der Waals surface area (Å²) in [6.07, 6.45) is 0.611. The van der Waals surface area contributed by atoms with Gasteiger partial charge in [-0.25, -0.2) is 0 Å². The lowest BCUT2D eigenvalue weighted by atomic mass is 9.78. The Kier molecular flexibility index (Phi) is 3.96. The third-order valence-corrected chi connectivity index (χ3v) is 5.17. The van der Waals surface area contributed by atoms with Gasteiger partial charge in [0.25, 0.3) is 0 Å². The van der Waals surface area contributed by atoms with E-state index in [9.17, 15) is 4.57 Å². The molecule has 1 aromatic carbocycles. The molecule has 1 aliphatic heterocycles. The molecule has 1 aromatic rings. The molecule has 5 heteroatoms. The van der Waals surface area contributed by atoms with Crippen molar-refractivity contribution in [1.82, 2.24) is 0 Å². The van der Waals surface area contributed by atoms with Crippen LogP contribution in [0.5, 0.6) is 0 Å². The molecule has 0 atom stereocenters. The van der Waals surface area contributed by atoms with Crippen LogP contribution in [0.1, 0.15) is 33.3 Å². The molecule has 0 unspecified atom stereocenters. The Labute approximate surface area is 122 Å². The lowest BCUT2D eigenvalue weighted by Gasteiger charge is -2.32. The van der Waals surface area contributed by atoms with Crippen molar-refractivity contribution >= 4 is 19.7 Å². The highest BCUT2D eigenvalue weighted by Crippen LogP contribution is 2.40. The van der Waals surface area contributed by atoms with Crippen molar-refractivity contribution in [2.24, 2.45) is 0 Å². The van der Waals surface area contributed by atoms with Crippen molar-refractivity contribution in [2.45, 2.75) is 45.1 Å². The third kappa shape index (κ3) is 3.36. The minimum atomic E-state index is -2.07. The van der Waals surface area contributed by atoms with Crippen LogP contribution in [0.2, 0.25) is 0 Å². The highest BCUT2D eigenvalue weighted by atomic mass is 31.2. The second-order valence-corrected chi connectivity index (χ2v) is 10.5. The molecule has 20 heavy (non-hydrogen) atoms. The summed E-state index contributed by atoms with van der Waals surface area (Å²) in [5.41, 5.74) is 1.40. The predicted molar refractivity (Wildman–Crippen MR) is 85.3 cm³/mol. The van der Waals surface area contributed by atoms with E-state index in [0.29, 0.717) is 6.16 Å². The van der Waals surface area contributed by atoms with Crippen LogP contribution >= 0.6 is 7.14 Å². The molecule has 0 aliphatic carbocycles. The van der Waals surface area contributed by atoms with Gasteiger partial charge < -0.3 is 13.9 Å². The van der Waals surface area contributed by atoms with Crippen molar-refractivity contribution in [3.63, 3.8) is 0 Å². The van der Waals surface area contributed by atoms with E-state index in [-0.39, 0.29) is 18.3 Å². The van der Waals surface area contributed by atoms with Crippen LogP contribution < -0.4 is 5.46 Å². The van der Waals surface area contributed by atoms with E-state index in [1.54, 1.807) is 0 Å². The molecule has 0 bridgehead atoms. The van der Waals surface area contributed by atoms with Gasteiger partial charge >= 0.3 is 7.12 Å². The lowest BCUT2D eigenvalue weighted by Crippen LogP contribution is -2.41. The second kappa shape index (κ2) is 5.01. The topological polar surface area (TPSA) is 35.5 Å². The summed E-state index contributed by atoms with van der Waals surface area (Å²) in [5.74, 6) is 0. The molecular formula is C15H24BO3P. The highest BCUT2D eigenvalue weighted by molar-refractivity contribution is 7.61. The third-order valence-electron chi connectivity index (χ3n) is 4.04. The number of rotatable bonds is 3. The maximum atomic E-state index is 12.0. The fourth-order valence-corrected chi connectivity index (χ4v) is 3.33. The quantitative estimate of drug-likeness (QED) is 0.634. The summed E-state index contributed by atoms with van der Waals surface area (Å²) >= 11 is 0. The van der Waals surface area contributed by atoms with Gasteiger partial charge in [0.2, 0.25) is 0 Å². The molecule has 0 amide bonds. The van der Waals surface area contributed by atoms with Gasteiger partial charge in [-0.05, 0) is 52.1 Å². The summed E-state index contributed by atoms with van der Waals surface area (Å²) in [7, 11) is -2.43. The van der Waals surface area contributed by atoms with Gasteiger partial charge in [-0.2, -0.15) is 0 Å². The molecule has 0 aromatic heterocycles. The molecule has 1 fully saturated rings. The SMILES string of the molecule is CC1(C)OB(c2cccc(CP(C)(C)=O)c2)OC1(C)C. The first kappa shape index (κ1) is 15.8. The summed E-state index contributed by atoms with van der Waals surface area (Å²) in [6.45, 7) is 11.8. The maximum Gasteiger partial charge on any atom is 0.494 e. The number of benzene rings is 1. The lowest BCUT2D eigenvalue weighted by molar-refractivity contribution is 0.00578. The summed E-state index contributed by atoms with van der Waals surface area (Å²) in [6, 6.07) is 8.03. The minimum absolute atomic E-state index is 0.335. The first-order chi connectivity index (χ1) is 9.00. The number of hydrogen-bond donors (Lipinski definition) is 0. The molecule has 0 N–H and O–H groups in total. The first-order valence-corrected chi connectivity index (χ1v) is 9.77. The van der Waals surface area contributed by atoms with Gasteiger partial charge in [-0.1, -0.05) is 24.3 Å². The van der Waals surface area contributed by atoms with E-state index < -0.39 is 7.14 Å². The fraction of sp³-hybridized carbons (Fsp3) is 0.600. The van der Waals surface area contributed by atoms with Gasteiger partial charge in [-0.3, -0.25) is 0 Å². The average Bonchev–Trinajstić information content (AvgIpc) is 2.46. The highest BCUT2D eigenvalue weighted by Gasteiger charge is 2.51. The molecule has 0 spiro atoms. The minimum Gasteiger partial charge on any atom is -0.399 e. The zero-order valence-corrected chi connectivity index (χ0v) is 14.2. The molecular weight excluding hydrogens is 270 g/mol. The van der Waals surface area contributed by atoms with E-state index in [1.165, 1.54) is 0 Å². The van der Waals surface area contributed by atoms with Crippen LogP contribution in [0.15, 0.2) is 24.3 Å².